The van der Waals surface area contributed by atoms with Gasteiger partial charge in [-0.1, -0.05) is 6.07 Å². The Bertz CT molecular complexity index is 405. The molecule has 1 fully saturated rings. The molecule has 2 heterocycles. The van der Waals surface area contributed by atoms with Gasteiger partial charge in [-0.3, -0.25) is 15.1 Å². The van der Waals surface area contributed by atoms with Gasteiger partial charge in [-0.25, -0.2) is 10.8 Å². The van der Waals surface area contributed by atoms with E-state index in [0.717, 1.165) is 25.3 Å². The number of carbonyl (C=O) groups is 1. The summed E-state index contributed by atoms with van der Waals surface area (Å²) in [5, 5.41) is 0. The molecule has 18 heavy (non-hydrogen) atoms. The molecule has 0 unspecified atom stereocenters. The summed E-state index contributed by atoms with van der Waals surface area (Å²) in [6.07, 6.45) is 1.22. The van der Waals surface area contributed by atoms with Crippen LogP contribution in [0.5, 0.6) is 0 Å². The Morgan fingerprint density at radius 2 is 2.33 bits per heavy atom. The molecule has 2 rings (SSSR count). The SMILES string of the molecule is NNC(=O)c1cccc(CN2CCCSCC2)n1. The summed E-state index contributed by atoms with van der Waals surface area (Å²) < 4.78 is 0. The number of rotatable bonds is 3. The quantitative estimate of drug-likeness (QED) is 0.477. The summed E-state index contributed by atoms with van der Waals surface area (Å²) in [5.74, 6) is 7.17. The number of aromatic nitrogens is 1. The lowest BCUT2D eigenvalue weighted by molar-refractivity contribution is 0.0948. The van der Waals surface area contributed by atoms with Crippen LogP contribution >= 0.6 is 11.8 Å². The average molecular weight is 266 g/mol. The second-order valence-electron chi connectivity index (χ2n) is 4.23. The maximum Gasteiger partial charge on any atom is 0.283 e. The van der Waals surface area contributed by atoms with Crippen LogP contribution in [0.25, 0.3) is 0 Å². The standard InChI is InChI=1S/C12H18N4OS/c13-15-12(17)11-4-1-3-10(14-11)9-16-5-2-7-18-8-6-16/h1,3-4H,2,5-9,13H2,(H,15,17). The zero-order valence-corrected chi connectivity index (χ0v) is 11.1. The molecule has 0 aromatic carbocycles. The van der Waals surface area contributed by atoms with Crippen LogP contribution in [0.15, 0.2) is 18.2 Å². The van der Waals surface area contributed by atoms with E-state index in [1.165, 1.54) is 17.9 Å². The lowest BCUT2D eigenvalue weighted by Crippen LogP contribution is -2.31. The topological polar surface area (TPSA) is 71.2 Å². The lowest BCUT2D eigenvalue weighted by atomic mass is 10.2. The first kappa shape index (κ1) is 13.3. The van der Waals surface area contributed by atoms with Gasteiger partial charge in [0.15, 0.2) is 0 Å². The second kappa shape index (κ2) is 6.72. The van der Waals surface area contributed by atoms with E-state index < -0.39 is 0 Å². The predicted octanol–water partition coefficient (Wildman–Crippen LogP) is 0.624. The summed E-state index contributed by atoms with van der Waals surface area (Å²) in [7, 11) is 0. The molecule has 6 heteroatoms. The van der Waals surface area contributed by atoms with Gasteiger partial charge in [0.2, 0.25) is 0 Å². The molecule has 0 saturated carbocycles. The van der Waals surface area contributed by atoms with E-state index >= 15 is 0 Å². The zero-order chi connectivity index (χ0) is 12.8. The molecule has 5 nitrogen and oxygen atoms in total. The Balaban J connectivity index is 2.01. The van der Waals surface area contributed by atoms with Gasteiger partial charge in [0, 0.05) is 18.8 Å². The molecule has 0 radical (unpaired) electrons. The lowest BCUT2D eigenvalue weighted by Gasteiger charge is -2.18. The number of carbonyl (C=O) groups excluding carboxylic acids is 1. The van der Waals surface area contributed by atoms with Crippen molar-refractivity contribution in [3.05, 3.63) is 29.6 Å². The monoisotopic (exact) mass is 266 g/mol. The van der Waals surface area contributed by atoms with Gasteiger partial charge in [-0.15, -0.1) is 0 Å². The first-order valence-electron chi connectivity index (χ1n) is 6.06. The van der Waals surface area contributed by atoms with Crippen molar-refractivity contribution in [2.45, 2.75) is 13.0 Å². The molecule has 1 aliphatic heterocycles. The van der Waals surface area contributed by atoms with Crippen LogP contribution in [0.4, 0.5) is 0 Å². The van der Waals surface area contributed by atoms with Crippen LogP contribution in [-0.4, -0.2) is 40.4 Å². The van der Waals surface area contributed by atoms with Gasteiger partial charge in [0.25, 0.3) is 5.91 Å². The molecule has 0 atom stereocenters. The van der Waals surface area contributed by atoms with E-state index in [0.29, 0.717) is 5.69 Å². The minimum absolute atomic E-state index is 0.344. The number of nitrogens with one attached hydrogen (secondary N) is 1. The Morgan fingerprint density at radius 1 is 1.44 bits per heavy atom. The molecule has 1 aliphatic rings. The van der Waals surface area contributed by atoms with Gasteiger partial charge in [-0.05, 0) is 30.9 Å². The molecule has 0 spiro atoms. The third kappa shape index (κ3) is 3.69. The number of hydrogen-bond donors (Lipinski definition) is 2. The van der Waals surface area contributed by atoms with Crippen LogP contribution in [0.2, 0.25) is 0 Å². The third-order valence-corrected chi connectivity index (χ3v) is 3.92. The van der Waals surface area contributed by atoms with E-state index in [1.54, 1.807) is 6.07 Å². The second-order valence-corrected chi connectivity index (χ2v) is 5.45. The van der Waals surface area contributed by atoms with Crippen LogP contribution < -0.4 is 11.3 Å². The predicted molar refractivity (Wildman–Crippen MR) is 73.1 cm³/mol. The fourth-order valence-corrected chi connectivity index (χ4v) is 2.88. The first-order valence-corrected chi connectivity index (χ1v) is 7.22. The minimum atomic E-state index is -0.344. The number of hydrogen-bond acceptors (Lipinski definition) is 5. The molecule has 1 aromatic heterocycles. The number of hydrazine groups is 1. The Morgan fingerprint density at radius 3 is 3.17 bits per heavy atom. The number of pyridine rings is 1. The molecule has 0 bridgehead atoms. The smallest absolute Gasteiger partial charge is 0.283 e. The Hall–Kier alpha value is -1.11. The van der Waals surface area contributed by atoms with Crippen LogP contribution in [0.3, 0.4) is 0 Å². The largest absolute Gasteiger partial charge is 0.297 e. The van der Waals surface area contributed by atoms with Gasteiger partial charge in [-0.2, -0.15) is 11.8 Å². The van der Waals surface area contributed by atoms with Crippen LogP contribution in [-0.2, 0) is 6.54 Å². The fraction of sp³-hybridized carbons (Fsp3) is 0.500. The first-order chi connectivity index (χ1) is 8.79. The fourth-order valence-electron chi connectivity index (χ4n) is 1.95. The van der Waals surface area contributed by atoms with Gasteiger partial charge in [0.05, 0.1) is 5.69 Å². The minimum Gasteiger partial charge on any atom is -0.297 e. The van der Waals surface area contributed by atoms with Crippen LogP contribution in [0.1, 0.15) is 22.6 Å². The Labute approximate surface area is 111 Å². The number of nitrogen functional groups attached to an aromatic ring is 1. The van der Waals surface area contributed by atoms with Crippen molar-refractivity contribution >= 4 is 17.7 Å². The average Bonchev–Trinajstić information content (AvgIpc) is 2.67. The highest BCUT2D eigenvalue weighted by molar-refractivity contribution is 7.99. The van der Waals surface area contributed by atoms with Crippen molar-refractivity contribution in [2.24, 2.45) is 5.84 Å². The van der Waals surface area contributed by atoms with Gasteiger partial charge >= 0.3 is 0 Å². The summed E-state index contributed by atoms with van der Waals surface area (Å²) >= 11 is 2.00. The number of amides is 1. The van der Waals surface area contributed by atoms with E-state index in [9.17, 15) is 4.79 Å². The van der Waals surface area contributed by atoms with E-state index in [4.69, 9.17) is 5.84 Å². The molecule has 1 saturated heterocycles. The maximum absolute atomic E-state index is 11.4. The molecular formula is C12H18N4OS. The summed E-state index contributed by atoms with van der Waals surface area (Å²) in [5.41, 5.74) is 3.40. The zero-order valence-electron chi connectivity index (χ0n) is 10.3. The van der Waals surface area contributed by atoms with Crippen molar-refractivity contribution in [2.75, 3.05) is 24.6 Å². The summed E-state index contributed by atoms with van der Waals surface area (Å²) in [6, 6.07) is 5.47. The normalized spacial score (nSPS) is 17.2. The molecule has 1 amide bonds. The summed E-state index contributed by atoms with van der Waals surface area (Å²) in [4.78, 5) is 18.1. The van der Waals surface area contributed by atoms with Crippen molar-refractivity contribution in [1.82, 2.24) is 15.3 Å². The molecular weight excluding hydrogens is 248 g/mol. The number of nitrogens with zero attached hydrogens (tertiary/aromatic N) is 2. The number of nitrogens with two attached hydrogens (primary N) is 1. The highest BCUT2D eigenvalue weighted by atomic mass is 32.2. The number of thioether (sulfide) groups is 1. The highest BCUT2D eigenvalue weighted by Crippen LogP contribution is 2.12. The van der Waals surface area contributed by atoms with E-state index in [2.05, 4.69) is 15.3 Å². The summed E-state index contributed by atoms with van der Waals surface area (Å²) in [6.45, 7) is 2.98. The molecule has 0 aliphatic carbocycles. The van der Waals surface area contributed by atoms with E-state index in [1.807, 2.05) is 23.9 Å². The van der Waals surface area contributed by atoms with Crippen LogP contribution in [0, 0.1) is 0 Å². The van der Waals surface area contributed by atoms with Gasteiger partial charge in [0.1, 0.15) is 5.69 Å². The molecule has 3 N–H and O–H groups in total. The van der Waals surface area contributed by atoms with E-state index in [-0.39, 0.29) is 5.91 Å². The molecule has 98 valence electrons. The Kier molecular flexibility index (Phi) is 4.98. The van der Waals surface area contributed by atoms with Crippen molar-refractivity contribution in [3.8, 4) is 0 Å². The van der Waals surface area contributed by atoms with Crippen molar-refractivity contribution in [1.29, 1.82) is 0 Å². The maximum atomic E-state index is 11.4. The highest BCUT2D eigenvalue weighted by Gasteiger charge is 2.11. The molecule has 1 aromatic rings. The van der Waals surface area contributed by atoms with Crippen molar-refractivity contribution in [3.63, 3.8) is 0 Å². The third-order valence-electron chi connectivity index (χ3n) is 2.87. The van der Waals surface area contributed by atoms with Gasteiger partial charge < -0.3 is 0 Å². The van der Waals surface area contributed by atoms with Crippen molar-refractivity contribution < 1.29 is 4.79 Å².